The van der Waals surface area contributed by atoms with Gasteiger partial charge in [-0.3, -0.25) is 4.40 Å². The molecule has 12 heteroatoms. The van der Waals surface area contributed by atoms with Crippen molar-refractivity contribution in [3.8, 4) is 11.3 Å². The first-order valence-corrected chi connectivity index (χ1v) is 16.9. The summed E-state index contributed by atoms with van der Waals surface area (Å²) in [6, 6.07) is 2.03. The van der Waals surface area contributed by atoms with Gasteiger partial charge in [-0.05, 0) is 57.7 Å². The van der Waals surface area contributed by atoms with Gasteiger partial charge in [0.2, 0.25) is 0 Å². The zero-order chi connectivity index (χ0) is 26.5. The number of nitrogens with zero attached hydrogens (tertiary/aromatic N) is 5. The summed E-state index contributed by atoms with van der Waals surface area (Å²) in [5, 5.41) is 0.0806. The van der Waals surface area contributed by atoms with Gasteiger partial charge >= 0.3 is 10.2 Å². The van der Waals surface area contributed by atoms with Crippen molar-refractivity contribution in [3.63, 3.8) is 0 Å². The van der Waals surface area contributed by atoms with Crippen molar-refractivity contribution in [1.82, 2.24) is 22.6 Å². The summed E-state index contributed by atoms with van der Waals surface area (Å²) in [6.45, 7) is 12.7. The van der Waals surface area contributed by atoms with Crippen LogP contribution in [0.5, 0.6) is 0 Å². The second-order valence-corrected chi connectivity index (χ2v) is 18.3. The van der Waals surface area contributed by atoms with E-state index in [1.807, 2.05) is 10.5 Å². The van der Waals surface area contributed by atoms with E-state index in [4.69, 9.17) is 14.1 Å². The number of rotatable bonds is 7. The lowest BCUT2D eigenvalue weighted by molar-refractivity contribution is 0.161. The topological polar surface area (TPSA) is 91.0 Å². The summed E-state index contributed by atoms with van der Waals surface area (Å²) in [5.41, 5.74) is 4.92. The molecule has 36 heavy (non-hydrogen) atoms. The summed E-state index contributed by atoms with van der Waals surface area (Å²) >= 11 is 3.75. The molecule has 0 fully saturated rings. The highest BCUT2D eigenvalue weighted by molar-refractivity contribution is 9.10. The molecular weight excluding hydrogens is 562 g/mol. The molecule has 0 unspecified atom stereocenters. The first-order chi connectivity index (χ1) is 16.7. The van der Waals surface area contributed by atoms with Crippen LogP contribution in [0.4, 0.5) is 0 Å². The quantitative estimate of drug-likeness (QED) is 0.359. The minimum absolute atomic E-state index is 0.0806. The molecular formula is C24H34BrN5O4SSi. The lowest BCUT2D eigenvalue weighted by Gasteiger charge is -2.35. The highest BCUT2D eigenvalue weighted by atomic mass is 79.9. The summed E-state index contributed by atoms with van der Waals surface area (Å²) in [4.78, 5) is 9.37. The molecule has 0 radical (unpaired) electrons. The van der Waals surface area contributed by atoms with Crippen LogP contribution in [0.1, 0.15) is 38.4 Å². The minimum Gasteiger partial charge on any atom is -0.411 e. The molecule has 0 saturated heterocycles. The van der Waals surface area contributed by atoms with Crippen molar-refractivity contribution in [2.75, 3.05) is 27.3 Å². The number of imidazole rings is 2. The number of fused-ring (bicyclic) bond motifs is 1. The van der Waals surface area contributed by atoms with E-state index in [-0.39, 0.29) is 5.04 Å². The molecule has 4 rings (SSSR count). The Hall–Kier alpha value is -1.83. The van der Waals surface area contributed by atoms with Gasteiger partial charge in [0.25, 0.3) is 0 Å². The van der Waals surface area contributed by atoms with Crippen LogP contribution in [0.3, 0.4) is 0 Å². The summed E-state index contributed by atoms with van der Waals surface area (Å²) in [6.07, 6.45) is 7.77. The molecule has 0 bridgehead atoms. The monoisotopic (exact) mass is 595 g/mol. The van der Waals surface area contributed by atoms with Gasteiger partial charge in [-0.1, -0.05) is 26.8 Å². The van der Waals surface area contributed by atoms with E-state index in [9.17, 15) is 8.42 Å². The molecule has 3 aromatic rings. The fraction of sp³-hybridized carbons (Fsp3) is 0.500. The fourth-order valence-corrected chi connectivity index (χ4v) is 5.82. The van der Waals surface area contributed by atoms with E-state index >= 15 is 0 Å². The Kier molecular flexibility index (Phi) is 7.41. The maximum absolute atomic E-state index is 12.7. The predicted molar refractivity (Wildman–Crippen MR) is 148 cm³/mol. The van der Waals surface area contributed by atoms with Gasteiger partial charge in [-0.15, -0.1) is 0 Å². The number of hydrogen-bond acceptors (Lipinski definition) is 6. The van der Waals surface area contributed by atoms with E-state index in [0.717, 1.165) is 36.1 Å². The molecule has 0 atom stereocenters. The van der Waals surface area contributed by atoms with Gasteiger partial charge in [0.15, 0.2) is 8.32 Å². The van der Waals surface area contributed by atoms with Crippen LogP contribution >= 0.6 is 15.9 Å². The van der Waals surface area contributed by atoms with Crippen molar-refractivity contribution >= 4 is 45.7 Å². The molecule has 4 heterocycles. The number of halogens is 1. The van der Waals surface area contributed by atoms with E-state index < -0.39 is 18.5 Å². The average molecular weight is 597 g/mol. The third-order valence-corrected chi connectivity index (χ3v) is 14.0. The lowest BCUT2D eigenvalue weighted by Crippen LogP contribution is -2.40. The maximum Gasteiger partial charge on any atom is 0.308 e. The van der Waals surface area contributed by atoms with Gasteiger partial charge in [0.1, 0.15) is 16.6 Å². The highest BCUT2D eigenvalue weighted by Gasteiger charge is 2.37. The van der Waals surface area contributed by atoms with Crippen molar-refractivity contribution in [3.05, 3.63) is 46.7 Å². The molecule has 1 aliphatic rings. The highest BCUT2D eigenvalue weighted by Crippen LogP contribution is 2.38. The van der Waals surface area contributed by atoms with E-state index in [1.54, 1.807) is 0 Å². The molecule has 0 spiro atoms. The number of pyridine rings is 1. The van der Waals surface area contributed by atoms with Crippen LogP contribution in [-0.2, 0) is 26.0 Å². The Labute approximate surface area is 222 Å². The second-order valence-electron chi connectivity index (χ2n) is 10.7. The molecule has 196 valence electrons. The molecule has 9 nitrogen and oxygen atoms in total. The van der Waals surface area contributed by atoms with E-state index in [0.29, 0.717) is 31.2 Å². The number of hydrogen-bond donors (Lipinski definition) is 0. The fourth-order valence-electron chi connectivity index (χ4n) is 3.63. The Morgan fingerprint density at radius 2 is 1.97 bits per heavy atom. The van der Waals surface area contributed by atoms with Gasteiger partial charge in [0.05, 0.1) is 31.2 Å². The zero-order valence-corrected chi connectivity index (χ0v) is 25.3. The third-order valence-electron chi connectivity index (χ3n) is 7.00. The van der Waals surface area contributed by atoms with Gasteiger partial charge in [-0.2, -0.15) is 12.7 Å². The van der Waals surface area contributed by atoms with Crippen molar-refractivity contribution in [2.45, 2.75) is 51.9 Å². The van der Waals surface area contributed by atoms with Crippen LogP contribution < -0.4 is 0 Å². The van der Waals surface area contributed by atoms with Gasteiger partial charge in [0, 0.05) is 32.1 Å². The van der Waals surface area contributed by atoms with E-state index in [2.05, 4.69) is 67.1 Å². The van der Waals surface area contributed by atoms with Gasteiger partial charge < -0.3 is 9.16 Å². The summed E-state index contributed by atoms with van der Waals surface area (Å²) < 4.78 is 42.4. The third kappa shape index (κ3) is 5.11. The summed E-state index contributed by atoms with van der Waals surface area (Å²) in [7, 11) is -2.68. The van der Waals surface area contributed by atoms with Crippen LogP contribution in [0.15, 0.2) is 35.5 Å². The van der Waals surface area contributed by atoms with Crippen molar-refractivity contribution in [1.29, 1.82) is 0 Å². The number of ether oxygens (including phenoxy) is 1. The Balaban J connectivity index is 1.84. The smallest absolute Gasteiger partial charge is 0.308 e. The lowest BCUT2D eigenvalue weighted by atomic mass is 10.0. The SMILES string of the molecule is CN(C)S(=O)(=O)n1cnc(-c2cc(C3=CCOCC3)cn3c(Br)c(CO[Si](C)(C)C(C)(C)C)nc23)c1. The van der Waals surface area contributed by atoms with Gasteiger partial charge in [-0.25, -0.2) is 13.9 Å². The maximum atomic E-state index is 12.7. The second kappa shape index (κ2) is 9.80. The van der Waals surface area contributed by atoms with Crippen molar-refractivity contribution < 1.29 is 17.6 Å². The molecule has 0 aliphatic carbocycles. The predicted octanol–water partition coefficient (Wildman–Crippen LogP) is 4.94. The van der Waals surface area contributed by atoms with E-state index in [1.165, 1.54) is 32.2 Å². The Morgan fingerprint density at radius 1 is 1.25 bits per heavy atom. The normalized spacial score (nSPS) is 15.6. The molecule has 0 saturated carbocycles. The molecule has 0 N–H and O–H groups in total. The molecule has 1 aliphatic heterocycles. The average Bonchev–Trinajstić information content (AvgIpc) is 3.43. The molecule has 0 aromatic carbocycles. The van der Waals surface area contributed by atoms with Crippen LogP contribution in [0.25, 0.3) is 22.5 Å². The first kappa shape index (κ1) is 27.2. The van der Waals surface area contributed by atoms with Crippen LogP contribution in [-0.4, -0.2) is 66.7 Å². The largest absolute Gasteiger partial charge is 0.411 e. The molecule has 0 amide bonds. The Morgan fingerprint density at radius 3 is 2.58 bits per heavy atom. The minimum atomic E-state index is -3.68. The van der Waals surface area contributed by atoms with Crippen molar-refractivity contribution in [2.24, 2.45) is 0 Å². The first-order valence-electron chi connectivity index (χ1n) is 11.8. The number of aromatic nitrogens is 4. The van der Waals surface area contributed by atoms with Crippen LogP contribution in [0, 0.1) is 0 Å². The Bertz CT molecular complexity index is 1420. The zero-order valence-electron chi connectivity index (χ0n) is 21.9. The standard InChI is InChI=1S/C24H34BrN5O4SSi/c1-24(2,3)36(6,7)34-15-21-22(25)30-13-18(17-8-10-33-11-9-17)12-19(23(30)27-21)20-14-29(16-26-20)35(31,32)28(4)5/h8,12-14,16H,9-11,15H2,1-7H3. The molecule has 3 aromatic heterocycles. The summed E-state index contributed by atoms with van der Waals surface area (Å²) in [5.74, 6) is 0. The van der Waals surface area contributed by atoms with Crippen LogP contribution in [0.2, 0.25) is 18.1 Å².